The molecule has 0 atom stereocenters. The molecule has 0 spiro atoms. The van der Waals surface area contributed by atoms with Crippen LogP contribution in [0, 0.1) is 0 Å². The second-order valence-corrected chi connectivity index (χ2v) is 7.53. The summed E-state index contributed by atoms with van der Waals surface area (Å²) in [6, 6.07) is 23.5. The van der Waals surface area contributed by atoms with Crippen molar-refractivity contribution in [3.05, 3.63) is 101 Å². The van der Waals surface area contributed by atoms with Crippen molar-refractivity contribution in [2.24, 2.45) is 0 Å². The van der Waals surface area contributed by atoms with Gasteiger partial charge >= 0.3 is 5.97 Å². The Morgan fingerprint density at radius 3 is 2.26 bits per heavy atom. The van der Waals surface area contributed by atoms with Gasteiger partial charge in [0.05, 0.1) is 0 Å². The lowest BCUT2D eigenvalue weighted by atomic mass is 10.0. The average Bonchev–Trinajstić information content (AvgIpc) is 3.12. The zero-order valence-corrected chi connectivity index (χ0v) is 17.1. The summed E-state index contributed by atoms with van der Waals surface area (Å²) < 4.78 is 1.92. The molecule has 31 heavy (non-hydrogen) atoms. The quantitative estimate of drug-likeness (QED) is 0.238. The summed E-state index contributed by atoms with van der Waals surface area (Å²) in [5.41, 5.74) is 4.43. The number of halogens is 1. The number of hydrogen-bond donors (Lipinski definition) is 2. The first-order chi connectivity index (χ1) is 14.9. The molecule has 5 nitrogen and oxygen atoms in total. The molecule has 6 heteroatoms. The highest BCUT2D eigenvalue weighted by molar-refractivity contribution is 6.38. The number of carboxylic acids is 1. The number of carbonyl (C=O) groups excluding carboxylic acids is 1. The SMILES string of the molecule is O=C(O)C(=O)/C=C(\O)c1cn(Cc2ccc(-c3ccccc3)cc2)c2ccc(Cl)cc12. The van der Waals surface area contributed by atoms with Crippen molar-refractivity contribution in [1.29, 1.82) is 0 Å². The molecular formula is C25H18ClNO4. The van der Waals surface area contributed by atoms with Crippen LogP contribution in [0.25, 0.3) is 27.8 Å². The number of aromatic nitrogens is 1. The van der Waals surface area contributed by atoms with E-state index in [4.69, 9.17) is 16.7 Å². The van der Waals surface area contributed by atoms with E-state index in [-0.39, 0.29) is 0 Å². The molecule has 2 N–H and O–H groups in total. The van der Waals surface area contributed by atoms with E-state index in [1.807, 2.05) is 41.0 Å². The molecule has 0 aliphatic heterocycles. The van der Waals surface area contributed by atoms with E-state index < -0.39 is 17.5 Å². The summed E-state index contributed by atoms with van der Waals surface area (Å²) in [6.45, 7) is 0.521. The third-order valence-corrected chi connectivity index (χ3v) is 5.25. The molecule has 0 aliphatic carbocycles. The van der Waals surface area contributed by atoms with E-state index in [0.29, 0.717) is 28.6 Å². The molecule has 1 heterocycles. The normalized spacial score (nSPS) is 11.6. The number of aliphatic hydroxyl groups excluding tert-OH is 1. The Morgan fingerprint density at radius 1 is 0.903 bits per heavy atom. The van der Waals surface area contributed by atoms with Crippen molar-refractivity contribution < 1.29 is 19.8 Å². The maximum absolute atomic E-state index is 11.5. The first-order valence-corrected chi connectivity index (χ1v) is 9.91. The lowest BCUT2D eigenvalue weighted by molar-refractivity contribution is -0.146. The lowest BCUT2D eigenvalue weighted by Gasteiger charge is -2.07. The number of ketones is 1. The van der Waals surface area contributed by atoms with Gasteiger partial charge in [-0.2, -0.15) is 0 Å². The number of aliphatic hydroxyl groups is 1. The van der Waals surface area contributed by atoms with Gasteiger partial charge in [0, 0.05) is 40.3 Å². The number of nitrogens with zero attached hydrogens (tertiary/aromatic N) is 1. The number of fused-ring (bicyclic) bond motifs is 1. The van der Waals surface area contributed by atoms with Crippen LogP contribution in [0.2, 0.25) is 5.02 Å². The summed E-state index contributed by atoms with van der Waals surface area (Å²) in [5.74, 6) is -3.25. The predicted octanol–water partition coefficient (Wildman–Crippen LogP) is 5.56. The first-order valence-electron chi connectivity index (χ1n) is 9.53. The highest BCUT2D eigenvalue weighted by atomic mass is 35.5. The minimum Gasteiger partial charge on any atom is -0.507 e. The standard InChI is InChI=1S/C25H18ClNO4/c26-19-10-11-22-20(12-19)21(23(28)13-24(29)25(30)31)15-27(22)14-16-6-8-18(9-7-16)17-4-2-1-3-5-17/h1-13,15,28H,14H2,(H,30,31)/b23-13-. The maximum atomic E-state index is 11.5. The van der Waals surface area contributed by atoms with Crippen molar-refractivity contribution in [2.75, 3.05) is 0 Å². The van der Waals surface area contributed by atoms with Crippen molar-refractivity contribution >= 4 is 40.0 Å². The fourth-order valence-electron chi connectivity index (χ4n) is 3.50. The molecule has 0 unspecified atom stereocenters. The van der Waals surface area contributed by atoms with Crippen LogP contribution in [-0.2, 0) is 16.1 Å². The van der Waals surface area contributed by atoms with Gasteiger partial charge in [0.25, 0.3) is 5.78 Å². The van der Waals surface area contributed by atoms with Gasteiger partial charge in [-0.05, 0) is 34.9 Å². The summed E-state index contributed by atoms with van der Waals surface area (Å²) >= 11 is 6.13. The zero-order chi connectivity index (χ0) is 22.0. The Balaban J connectivity index is 1.70. The highest BCUT2D eigenvalue weighted by Crippen LogP contribution is 2.30. The van der Waals surface area contributed by atoms with Crippen LogP contribution < -0.4 is 0 Å². The Hall–Kier alpha value is -3.83. The molecule has 3 aromatic carbocycles. The van der Waals surface area contributed by atoms with Crippen molar-refractivity contribution in [3.63, 3.8) is 0 Å². The van der Waals surface area contributed by atoms with E-state index in [2.05, 4.69) is 24.3 Å². The van der Waals surface area contributed by atoms with E-state index in [0.717, 1.165) is 22.2 Å². The van der Waals surface area contributed by atoms with Gasteiger partial charge in [0.1, 0.15) is 5.76 Å². The van der Waals surface area contributed by atoms with Gasteiger partial charge < -0.3 is 14.8 Å². The summed E-state index contributed by atoms with van der Waals surface area (Å²) in [6.07, 6.45) is 2.39. The second-order valence-electron chi connectivity index (χ2n) is 7.09. The molecule has 4 rings (SSSR count). The van der Waals surface area contributed by atoms with Gasteiger partial charge in [-0.3, -0.25) is 4.79 Å². The minimum absolute atomic E-state index is 0.341. The number of carbonyl (C=O) groups is 2. The summed E-state index contributed by atoms with van der Waals surface area (Å²) in [5, 5.41) is 20.3. The van der Waals surface area contributed by atoms with E-state index >= 15 is 0 Å². The Labute approximate surface area is 183 Å². The second kappa shape index (κ2) is 8.50. The fourth-order valence-corrected chi connectivity index (χ4v) is 3.67. The molecule has 0 saturated carbocycles. The fraction of sp³-hybridized carbons (Fsp3) is 0.0400. The third-order valence-electron chi connectivity index (χ3n) is 5.01. The Bertz CT molecular complexity index is 1300. The van der Waals surface area contributed by atoms with Crippen molar-refractivity contribution in [1.82, 2.24) is 4.57 Å². The number of carboxylic acid groups (broad SMARTS) is 1. The zero-order valence-electron chi connectivity index (χ0n) is 16.3. The molecule has 4 aromatic rings. The summed E-state index contributed by atoms with van der Waals surface area (Å²) in [4.78, 5) is 22.3. The number of hydrogen-bond acceptors (Lipinski definition) is 3. The van der Waals surface area contributed by atoms with Crippen LogP contribution in [0.15, 0.2) is 85.1 Å². The molecule has 0 saturated heterocycles. The molecule has 0 radical (unpaired) electrons. The molecule has 0 amide bonds. The molecule has 0 bridgehead atoms. The van der Waals surface area contributed by atoms with Gasteiger partial charge in [0.2, 0.25) is 0 Å². The topological polar surface area (TPSA) is 79.5 Å². The number of benzene rings is 3. The maximum Gasteiger partial charge on any atom is 0.376 e. The van der Waals surface area contributed by atoms with E-state index in [1.165, 1.54) is 0 Å². The largest absolute Gasteiger partial charge is 0.507 e. The minimum atomic E-state index is -1.63. The van der Waals surface area contributed by atoms with Crippen molar-refractivity contribution in [3.8, 4) is 11.1 Å². The van der Waals surface area contributed by atoms with E-state index in [1.54, 1.807) is 18.3 Å². The van der Waals surface area contributed by atoms with E-state index in [9.17, 15) is 14.7 Å². The van der Waals surface area contributed by atoms with Gasteiger partial charge in [-0.25, -0.2) is 4.79 Å². The molecule has 0 aliphatic rings. The van der Waals surface area contributed by atoms with Crippen LogP contribution in [0.4, 0.5) is 0 Å². The smallest absolute Gasteiger partial charge is 0.376 e. The molecule has 1 aromatic heterocycles. The van der Waals surface area contributed by atoms with Gasteiger partial charge in [-0.15, -0.1) is 0 Å². The predicted molar refractivity (Wildman–Crippen MR) is 121 cm³/mol. The molecule has 0 fully saturated rings. The van der Waals surface area contributed by atoms with Crippen LogP contribution >= 0.6 is 11.6 Å². The van der Waals surface area contributed by atoms with Crippen LogP contribution in [0.3, 0.4) is 0 Å². The lowest BCUT2D eigenvalue weighted by Crippen LogP contribution is -2.09. The average molecular weight is 432 g/mol. The number of aliphatic carboxylic acids is 1. The number of rotatable bonds is 6. The first kappa shape index (κ1) is 20.4. The summed E-state index contributed by atoms with van der Waals surface area (Å²) in [7, 11) is 0. The third kappa shape index (κ3) is 4.37. The highest BCUT2D eigenvalue weighted by Gasteiger charge is 2.16. The van der Waals surface area contributed by atoms with Gasteiger partial charge in [-0.1, -0.05) is 66.2 Å². The van der Waals surface area contributed by atoms with Gasteiger partial charge in [0.15, 0.2) is 0 Å². The molecule has 154 valence electrons. The monoisotopic (exact) mass is 431 g/mol. The Morgan fingerprint density at radius 2 is 1.58 bits per heavy atom. The van der Waals surface area contributed by atoms with Crippen LogP contribution in [0.5, 0.6) is 0 Å². The van der Waals surface area contributed by atoms with Crippen LogP contribution in [-0.4, -0.2) is 26.5 Å². The van der Waals surface area contributed by atoms with Crippen LogP contribution in [0.1, 0.15) is 11.1 Å². The Kier molecular flexibility index (Phi) is 5.60. The van der Waals surface area contributed by atoms with Crippen molar-refractivity contribution in [2.45, 2.75) is 6.54 Å². The molecular weight excluding hydrogens is 414 g/mol.